The molecule has 0 spiro atoms. The molecule has 0 bridgehead atoms. The molecule has 106 valence electrons. The maximum absolute atomic E-state index is 12.9. The summed E-state index contributed by atoms with van der Waals surface area (Å²) in [5.74, 6) is -0.316. The van der Waals surface area contributed by atoms with Crippen LogP contribution in [0, 0.1) is 11.7 Å². The Balaban J connectivity index is 2.39. The van der Waals surface area contributed by atoms with Gasteiger partial charge in [0.05, 0.1) is 0 Å². The summed E-state index contributed by atoms with van der Waals surface area (Å²) < 4.78 is 12.9. The summed E-state index contributed by atoms with van der Waals surface area (Å²) in [4.78, 5) is 11.3. The topological polar surface area (TPSA) is 41.1 Å². The van der Waals surface area contributed by atoms with Crippen molar-refractivity contribution in [2.24, 2.45) is 5.92 Å². The van der Waals surface area contributed by atoms with Gasteiger partial charge in [0.15, 0.2) is 0 Å². The first kappa shape index (κ1) is 15.9. The van der Waals surface area contributed by atoms with E-state index in [0.29, 0.717) is 18.1 Å². The van der Waals surface area contributed by atoms with E-state index in [9.17, 15) is 9.18 Å². The van der Waals surface area contributed by atoms with Crippen LogP contribution in [-0.4, -0.2) is 19.0 Å². The fourth-order valence-electron chi connectivity index (χ4n) is 1.64. The SMILES string of the molecule is CC(C)C(=O)NCCNC(C)c1ccc(F)cc1Cl. The molecule has 0 aliphatic carbocycles. The minimum atomic E-state index is -0.342. The lowest BCUT2D eigenvalue weighted by Crippen LogP contribution is -2.35. The van der Waals surface area contributed by atoms with Gasteiger partial charge in [-0.3, -0.25) is 4.79 Å². The highest BCUT2D eigenvalue weighted by Gasteiger charge is 2.10. The normalized spacial score (nSPS) is 12.5. The van der Waals surface area contributed by atoms with Crippen LogP contribution >= 0.6 is 11.6 Å². The molecular formula is C14H20ClFN2O. The Morgan fingerprint density at radius 1 is 1.32 bits per heavy atom. The van der Waals surface area contributed by atoms with Crippen LogP contribution in [0.1, 0.15) is 32.4 Å². The van der Waals surface area contributed by atoms with Crippen molar-refractivity contribution in [2.45, 2.75) is 26.8 Å². The second-order valence-corrected chi connectivity index (χ2v) is 5.19. The van der Waals surface area contributed by atoms with E-state index in [1.54, 1.807) is 6.07 Å². The van der Waals surface area contributed by atoms with Crippen molar-refractivity contribution in [2.75, 3.05) is 13.1 Å². The lowest BCUT2D eigenvalue weighted by molar-refractivity contribution is -0.123. The van der Waals surface area contributed by atoms with E-state index >= 15 is 0 Å². The quantitative estimate of drug-likeness (QED) is 0.790. The Bertz CT molecular complexity index is 437. The number of halogens is 2. The van der Waals surface area contributed by atoms with Crippen LogP contribution in [0.25, 0.3) is 0 Å². The van der Waals surface area contributed by atoms with Gasteiger partial charge in [0.2, 0.25) is 5.91 Å². The summed E-state index contributed by atoms with van der Waals surface area (Å²) in [6.07, 6.45) is 0. The zero-order valence-corrected chi connectivity index (χ0v) is 12.2. The molecule has 1 aromatic carbocycles. The number of amides is 1. The molecule has 1 atom stereocenters. The Morgan fingerprint density at radius 3 is 2.58 bits per heavy atom. The number of hydrogen-bond donors (Lipinski definition) is 2. The highest BCUT2D eigenvalue weighted by Crippen LogP contribution is 2.23. The van der Waals surface area contributed by atoms with Crippen LogP contribution in [0.4, 0.5) is 4.39 Å². The van der Waals surface area contributed by atoms with E-state index in [2.05, 4.69) is 10.6 Å². The third kappa shape index (κ3) is 5.17. The minimum Gasteiger partial charge on any atom is -0.355 e. The lowest BCUT2D eigenvalue weighted by atomic mass is 10.1. The second-order valence-electron chi connectivity index (χ2n) is 4.79. The number of benzene rings is 1. The summed E-state index contributed by atoms with van der Waals surface area (Å²) in [6, 6.07) is 4.36. The van der Waals surface area contributed by atoms with E-state index in [-0.39, 0.29) is 23.7 Å². The van der Waals surface area contributed by atoms with Gasteiger partial charge in [0, 0.05) is 30.1 Å². The number of carbonyl (C=O) groups is 1. The third-order valence-corrected chi connectivity index (χ3v) is 3.16. The van der Waals surface area contributed by atoms with Crippen molar-refractivity contribution in [3.8, 4) is 0 Å². The predicted octanol–water partition coefficient (Wildman–Crippen LogP) is 2.90. The van der Waals surface area contributed by atoms with Crippen molar-refractivity contribution in [1.29, 1.82) is 0 Å². The Morgan fingerprint density at radius 2 is 2.00 bits per heavy atom. The lowest BCUT2D eigenvalue weighted by Gasteiger charge is -2.16. The first-order valence-corrected chi connectivity index (χ1v) is 6.75. The molecule has 1 aromatic rings. The number of carbonyl (C=O) groups excluding carboxylic acids is 1. The van der Waals surface area contributed by atoms with Crippen molar-refractivity contribution in [1.82, 2.24) is 10.6 Å². The molecule has 1 amide bonds. The van der Waals surface area contributed by atoms with E-state index in [0.717, 1.165) is 5.56 Å². The van der Waals surface area contributed by atoms with Crippen molar-refractivity contribution >= 4 is 17.5 Å². The van der Waals surface area contributed by atoms with Gasteiger partial charge in [-0.1, -0.05) is 31.5 Å². The molecular weight excluding hydrogens is 267 g/mol. The molecule has 0 aliphatic heterocycles. The van der Waals surface area contributed by atoms with E-state index in [1.807, 2.05) is 20.8 Å². The van der Waals surface area contributed by atoms with Crippen LogP contribution < -0.4 is 10.6 Å². The Labute approximate surface area is 118 Å². The van der Waals surface area contributed by atoms with Crippen LogP contribution in [-0.2, 0) is 4.79 Å². The van der Waals surface area contributed by atoms with Crippen LogP contribution in [0.5, 0.6) is 0 Å². The summed E-state index contributed by atoms with van der Waals surface area (Å²) in [6.45, 7) is 6.84. The van der Waals surface area contributed by atoms with E-state index < -0.39 is 0 Å². The summed E-state index contributed by atoms with van der Waals surface area (Å²) in [5, 5.41) is 6.46. The average Bonchev–Trinajstić information content (AvgIpc) is 2.33. The standard InChI is InChI=1S/C14H20ClFN2O/c1-9(2)14(19)18-7-6-17-10(3)12-5-4-11(16)8-13(12)15/h4-5,8-10,17H,6-7H2,1-3H3,(H,18,19). The summed E-state index contributed by atoms with van der Waals surface area (Å²) >= 11 is 5.98. The monoisotopic (exact) mass is 286 g/mol. The van der Waals surface area contributed by atoms with Crippen LogP contribution in [0.15, 0.2) is 18.2 Å². The first-order valence-electron chi connectivity index (χ1n) is 6.38. The molecule has 19 heavy (non-hydrogen) atoms. The smallest absolute Gasteiger partial charge is 0.222 e. The molecule has 1 rings (SSSR count). The Hall–Kier alpha value is -1.13. The average molecular weight is 287 g/mol. The Kier molecular flexibility index (Phi) is 6.25. The fraction of sp³-hybridized carbons (Fsp3) is 0.500. The number of rotatable bonds is 6. The maximum Gasteiger partial charge on any atom is 0.222 e. The van der Waals surface area contributed by atoms with Crippen LogP contribution in [0.3, 0.4) is 0 Å². The molecule has 0 heterocycles. The predicted molar refractivity (Wildman–Crippen MR) is 75.7 cm³/mol. The van der Waals surface area contributed by atoms with Gasteiger partial charge in [-0.25, -0.2) is 4.39 Å². The van der Waals surface area contributed by atoms with Gasteiger partial charge in [-0.05, 0) is 24.6 Å². The molecule has 0 saturated heterocycles. The number of nitrogens with one attached hydrogen (secondary N) is 2. The zero-order valence-electron chi connectivity index (χ0n) is 11.5. The fourth-order valence-corrected chi connectivity index (χ4v) is 1.97. The van der Waals surface area contributed by atoms with E-state index in [1.165, 1.54) is 12.1 Å². The van der Waals surface area contributed by atoms with E-state index in [4.69, 9.17) is 11.6 Å². The molecule has 0 radical (unpaired) electrons. The maximum atomic E-state index is 12.9. The highest BCUT2D eigenvalue weighted by molar-refractivity contribution is 6.31. The van der Waals surface area contributed by atoms with Crippen molar-refractivity contribution in [3.05, 3.63) is 34.6 Å². The largest absolute Gasteiger partial charge is 0.355 e. The molecule has 0 fully saturated rings. The molecule has 5 heteroatoms. The first-order chi connectivity index (χ1) is 8.91. The van der Waals surface area contributed by atoms with Crippen molar-refractivity contribution < 1.29 is 9.18 Å². The molecule has 1 unspecified atom stereocenters. The summed E-state index contributed by atoms with van der Waals surface area (Å²) in [5.41, 5.74) is 0.846. The van der Waals surface area contributed by atoms with Gasteiger partial charge in [0.1, 0.15) is 5.82 Å². The molecule has 2 N–H and O–H groups in total. The molecule has 0 saturated carbocycles. The van der Waals surface area contributed by atoms with Gasteiger partial charge >= 0.3 is 0 Å². The minimum absolute atomic E-state index is 0.00375. The summed E-state index contributed by atoms with van der Waals surface area (Å²) in [7, 11) is 0. The van der Waals surface area contributed by atoms with Gasteiger partial charge in [-0.2, -0.15) is 0 Å². The van der Waals surface area contributed by atoms with Gasteiger partial charge in [-0.15, -0.1) is 0 Å². The number of hydrogen-bond acceptors (Lipinski definition) is 2. The van der Waals surface area contributed by atoms with Crippen LogP contribution in [0.2, 0.25) is 5.02 Å². The third-order valence-electron chi connectivity index (χ3n) is 2.83. The van der Waals surface area contributed by atoms with Gasteiger partial charge in [0.25, 0.3) is 0 Å². The zero-order chi connectivity index (χ0) is 14.4. The van der Waals surface area contributed by atoms with Crippen molar-refractivity contribution in [3.63, 3.8) is 0 Å². The molecule has 3 nitrogen and oxygen atoms in total. The second kappa shape index (κ2) is 7.46. The van der Waals surface area contributed by atoms with Gasteiger partial charge < -0.3 is 10.6 Å². The molecule has 0 aliphatic rings. The highest BCUT2D eigenvalue weighted by atomic mass is 35.5. The molecule has 0 aromatic heterocycles.